The van der Waals surface area contributed by atoms with E-state index in [-0.39, 0.29) is 48.5 Å². The number of nitrogens with two attached hydrogens (primary N) is 1. The van der Waals surface area contributed by atoms with Crippen molar-refractivity contribution in [1.82, 2.24) is 60.0 Å². The number of likely N-dealkylation sites (tertiary alicyclic amines) is 2. The number of aromatic nitrogens is 9. The van der Waals surface area contributed by atoms with Crippen LogP contribution in [0.1, 0.15) is 40.5 Å². The number of ether oxygens (including phenoxy) is 6. The van der Waals surface area contributed by atoms with Gasteiger partial charge in [0.2, 0.25) is 51.5 Å². The normalized spacial score (nSPS) is 12.7. The maximum absolute atomic E-state index is 6.30. The standard InChI is InChI=1S/C24H29Cl2N7O2.C17H14Cl3N5O2.C10H7Cl3N4O.C7H8ClNO.C7H16N2.2CH4/c1-32-11-9-17(10-12-32)33(2)24-30-22(27-15-5-7-20(34-3)18(25)13-15)29-23(31-24)28-16-6-8-21(35-4)19(26)14-16;1-26-13-5-3-9(7-11(13)18)21-16-23-15(20)24-17(25-16)22-10-4-6-14(27-2)12(19)8-10;1-18-7-3-2-5(4-6(7)11)14-10-16-8(12)15-9(13)17-10;1-10-7-3-2-5(9)4-6(7)8;1-8-7-3-5-9(2)6-4-7;;/h5-8,13-14,17H,9-12H2,1-4H3,(H2,27,28,29,30,31);3-8H,1-2H3,(H2,21,22,23,24,25);2-4H,1H3,(H,14,15,16,17);2-4H,9H2,1H3;7-8H,3-6H2,1-2H3;2*1H4. The molecule has 11 rings (SSSR count). The summed E-state index contributed by atoms with van der Waals surface area (Å²) < 4.78 is 30.7. The number of rotatable bonds is 19. The van der Waals surface area contributed by atoms with Crippen molar-refractivity contribution in [2.24, 2.45) is 0 Å². The fourth-order valence-corrected chi connectivity index (χ4v) is 11.4. The van der Waals surface area contributed by atoms with E-state index in [0.717, 1.165) is 43.3 Å². The third kappa shape index (κ3) is 26.5. The van der Waals surface area contributed by atoms with Crippen LogP contribution in [0.15, 0.2) is 109 Å². The molecule has 0 aliphatic carbocycles. The van der Waals surface area contributed by atoms with Crippen LogP contribution in [-0.2, 0) is 0 Å². The smallest absolute Gasteiger partial charge is 0.233 e. The molecule has 9 aromatic rings. The lowest BCUT2D eigenvalue weighted by atomic mass is 10.0. The molecular formula is C67H82Cl9N19O6. The summed E-state index contributed by atoms with van der Waals surface area (Å²) in [6.07, 6.45) is 4.69. The van der Waals surface area contributed by atoms with Gasteiger partial charge in [0.15, 0.2) is 0 Å². The summed E-state index contributed by atoms with van der Waals surface area (Å²) >= 11 is 53.9. The van der Waals surface area contributed by atoms with Crippen molar-refractivity contribution in [3.05, 3.63) is 155 Å². The highest BCUT2D eigenvalue weighted by molar-refractivity contribution is 6.34. The van der Waals surface area contributed by atoms with Crippen LogP contribution >= 0.6 is 104 Å². The van der Waals surface area contributed by atoms with E-state index >= 15 is 0 Å². The van der Waals surface area contributed by atoms with E-state index in [1.807, 2.05) is 19.2 Å². The number of nitrogen functional groups attached to an aromatic ring is 1. The fraction of sp³-hybridized carbons (Fsp3) is 0.328. The van der Waals surface area contributed by atoms with Crippen LogP contribution in [0.4, 0.5) is 69.8 Å². The lowest BCUT2D eigenvalue weighted by molar-refractivity contribution is 0.240. The Morgan fingerprint density at radius 3 is 0.911 bits per heavy atom. The molecule has 0 spiro atoms. The number of anilines is 12. The van der Waals surface area contributed by atoms with Crippen molar-refractivity contribution >= 4 is 174 Å². The molecule has 0 amide bonds. The van der Waals surface area contributed by atoms with Crippen molar-refractivity contribution in [2.75, 3.05) is 134 Å². The SMILES string of the molecule is C.C.CNC1CCN(C)CC1.COc1ccc(N)cc1Cl.COc1ccc(Nc2nc(Cl)nc(Cl)n2)cc1Cl.COc1ccc(Nc2nc(Cl)nc(Nc3ccc(OC)c(Cl)c3)n2)cc1Cl.COc1ccc(Nc2nc(Nc3ccc(OC)c(Cl)c3)nc(N(C)C3CCN(C)CC3)n2)cc1Cl. The first-order chi connectivity index (χ1) is 47.5. The van der Waals surface area contributed by atoms with E-state index < -0.39 is 0 Å². The molecule has 2 fully saturated rings. The topological polar surface area (TPSA) is 279 Å². The third-order valence-electron chi connectivity index (χ3n) is 14.7. The average Bonchev–Trinajstić information content (AvgIpc) is 0.813. The highest BCUT2D eigenvalue weighted by Gasteiger charge is 2.24. The second-order valence-electron chi connectivity index (χ2n) is 21.5. The van der Waals surface area contributed by atoms with Gasteiger partial charge in [-0.05, 0) is 217 Å². The Kier molecular flexibility index (Phi) is 34.9. The molecule has 34 heteroatoms. The number of benzene rings is 6. The van der Waals surface area contributed by atoms with Gasteiger partial charge < -0.3 is 80.8 Å². The molecule has 2 aliphatic heterocycles. The zero-order valence-corrected chi connectivity index (χ0v) is 62.3. The molecule has 8 N–H and O–H groups in total. The molecule has 0 radical (unpaired) electrons. The Labute approximate surface area is 634 Å². The van der Waals surface area contributed by atoms with Gasteiger partial charge in [-0.3, -0.25) is 0 Å². The van der Waals surface area contributed by atoms with Crippen LogP contribution in [0, 0.1) is 0 Å². The Balaban J connectivity index is 0.000000246. The molecule has 2 saturated heterocycles. The number of nitrogens with zero attached hydrogens (tertiary/aromatic N) is 12. The van der Waals surface area contributed by atoms with Crippen LogP contribution in [0.2, 0.25) is 46.0 Å². The van der Waals surface area contributed by atoms with Crippen molar-refractivity contribution in [2.45, 2.75) is 52.6 Å². The van der Waals surface area contributed by atoms with E-state index in [2.05, 4.69) is 103 Å². The third-order valence-corrected chi connectivity index (χ3v) is 17.0. The van der Waals surface area contributed by atoms with Crippen LogP contribution in [0.3, 0.4) is 0 Å². The largest absolute Gasteiger partial charge is 0.495 e. The Hall–Kier alpha value is -7.76. The van der Waals surface area contributed by atoms with Crippen LogP contribution < -0.4 is 71.0 Å². The minimum atomic E-state index is 0. The Morgan fingerprint density at radius 2 is 0.634 bits per heavy atom. The number of halogens is 9. The molecule has 3 aromatic heterocycles. The molecule has 0 unspecified atom stereocenters. The lowest BCUT2D eigenvalue weighted by Gasteiger charge is -2.35. The van der Waals surface area contributed by atoms with Crippen molar-refractivity contribution in [1.29, 1.82) is 0 Å². The lowest BCUT2D eigenvalue weighted by Crippen LogP contribution is -2.42. The summed E-state index contributed by atoms with van der Waals surface area (Å²) in [5.74, 6) is 5.62. The van der Waals surface area contributed by atoms with Gasteiger partial charge in [0.05, 0.1) is 72.8 Å². The predicted octanol–water partition coefficient (Wildman–Crippen LogP) is 17.6. The molecule has 0 bridgehead atoms. The minimum absolute atomic E-state index is 0. The Morgan fingerprint density at radius 1 is 0.376 bits per heavy atom. The maximum atomic E-state index is 6.30. The van der Waals surface area contributed by atoms with E-state index in [1.54, 1.807) is 140 Å². The zero-order chi connectivity index (χ0) is 71.7. The molecule has 6 aromatic carbocycles. The number of hydrogen-bond donors (Lipinski definition) is 7. The molecule has 2 aliphatic rings. The molecule has 0 atom stereocenters. The van der Waals surface area contributed by atoms with E-state index in [1.165, 1.54) is 25.9 Å². The van der Waals surface area contributed by atoms with Gasteiger partial charge in [-0.25, -0.2) is 0 Å². The van der Waals surface area contributed by atoms with Crippen molar-refractivity contribution in [3.63, 3.8) is 0 Å². The average molecular weight is 1570 g/mol. The van der Waals surface area contributed by atoms with Gasteiger partial charge in [-0.15, -0.1) is 0 Å². The van der Waals surface area contributed by atoms with Crippen molar-refractivity contribution < 1.29 is 28.4 Å². The molecular weight excluding hydrogens is 1490 g/mol. The van der Waals surface area contributed by atoms with Crippen LogP contribution in [-0.4, -0.2) is 164 Å². The molecule has 0 saturated carbocycles. The first-order valence-electron chi connectivity index (χ1n) is 30.1. The number of methoxy groups -OCH3 is 6. The fourth-order valence-electron chi connectivity index (χ4n) is 9.37. The molecule has 5 heterocycles. The molecule has 544 valence electrons. The van der Waals surface area contributed by atoms with Crippen LogP contribution in [0.5, 0.6) is 34.5 Å². The summed E-state index contributed by atoms with van der Waals surface area (Å²) in [4.78, 5) is 44.6. The summed E-state index contributed by atoms with van der Waals surface area (Å²) in [5, 5.41) is 21.6. The summed E-state index contributed by atoms with van der Waals surface area (Å²) in [6, 6.07) is 32.6. The summed E-state index contributed by atoms with van der Waals surface area (Å²) in [6.45, 7) is 4.58. The van der Waals surface area contributed by atoms with E-state index in [4.69, 9.17) is 149 Å². The van der Waals surface area contributed by atoms with E-state index in [0.29, 0.717) is 111 Å². The van der Waals surface area contributed by atoms with Gasteiger partial charge in [0.25, 0.3) is 0 Å². The predicted molar refractivity (Wildman–Crippen MR) is 415 cm³/mol. The number of hydrogen-bond acceptors (Lipinski definition) is 25. The summed E-state index contributed by atoms with van der Waals surface area (Å²) in [5.41, 5.74) is 9.56. The zero-order valence-electron chi connectivity index (χ0n) is 55.5. The first kappa shape index (κ1) is 83.9. The van der Waals surface area contributed by atoms with Gasteiger partial charge in [-0.2, -0.15) is 44.9 Å². The van der Waals surface area contributed by atoms with Gasteiger partial charge in [0, 0.05) is 53.3 Å². The maximum Gasteiger partial charge on any atom is 0.233 e. The van der Waals surface area contributed by atoms with Gasteiger partial charge >= 0.3 is 0 Å². The number of piperidine rings is 2. The highest BCUT2D eigenvalue weighted by atomic mass is 35.5. The number of nitrogens with one attached hydrogen (secondary N) is 6. The van der Waals surface area contributed by atoms with Crippen LogP contribution in [0.25, 0.3) is 0 Å². The van der Waals surface area contributed by atoms with Gasteiger partial charge in [0.1, 0.15) is 34.5 Å². The van der Waals surface area contributed by atoms with E-state index in [9.17, 15) is 0 Å². The molecule has 101 heavy (non-hydrogen) atoms. The highest BCUT2D eigenvalue weighted by Crippen LogP contribution is 2.35. The second-order valence-corrected chi connectivity index (χ2v) is 25.0. The Bertz CT molecular complexity index is 3930. The molecule has 25 nitrogen and oxygen atoms in total. The monoisotopic (exact) mass is 1560 g/mol. The second kappa shape index (κ2) is 42.0. The first-order valence-corrected chi connectivity index (χ1v) is 33.5. The summed E-state index contributed by atoms with van der Waals surface area (Å²) in [7, 11) is 17.8. The minimum Gasteiger partial charge on any atom is -0.495 e. The quantitative estimate of drug-likeness (QED) is 0.0371. The van der Waals surface area contributed by atoms with Gasteiger partial charge in [-0.1, -0.05) is 84.5 Å². The van der Waals surface area contributed by atoms with Crippen molar-refractivity contribution in [3.8, 4) is 34.5 Å².